The Bertz CT molecular complexity index is 2150. The highest BCUT2D eigenvalue weighted by Gasteiger charge is 2.58. The first-order valence-corrected chi connectivity index (χ1v) is 21.3. The highest BCUT2D eigenvalue weighted by molar-refractivity contribution is 5.68. The Morgan fingerprint density at radius 2 is 0.954 bits per heavy atom. The van der Waals surface area contributed by atoms with Crippen LogP contribution in [0.25, 0.3) is 10.4 Å². The van der Waals surface area contributed by atoms with E-state index >= 15 is 0 Å². The first-order valence-electron chi connectivity index (χ1n) is 21.3. The molecule has 0 N–H and O–H groups in total. The molecule has 16 nitrogen and oxygen atoms in total. The molecule has 4 aromatic carbocycles. The number of hydrogen-bond acceptors (Lipinski definition) is 14. The van der Waals surface area contributed by atoms with Crippen molar-refractivity contribution in [3.8, 4) is 0 Å². The number of benzene rings is 4. The molecule has 0 bridgehead atoms. The largest absolute Gasteiger partial charge is 0.463 e. The van der Waals surface area contributed by atoms with Crippen molar-refractivity contribution in [1.29, 1.82) is 0 Å². The van der Waals surface area contributed by atoms with Crippen molar-refractivity contribution in [2.75, 3.05) is 13.2 Å². The van der Waals surface area contributed by atoms with Crippen LogP contribution in [0, 0.1) is 0 Å². The van der Waals surface area contributed by atoms with Gasteiger partial charge in [0.2, 0.25) is 0 Å². The molecule has 0 aromatic heterocycles. The van der Waals surface area contributed by atoms with E-state index in [2.05, 4.69) is 16.6 Å². The summed E-state index contributed by atoms with van der Waals surface area (Å²) in [5.41, 5.74) is 13.4. The lowest BCUT2D eigenvalue weighted by molar-refractivity contribution is -0.336. The van der Waals surface area contributed by atoms with Gasteiger partial charge in [-0.25, -0.2) is 0 Å². The van der Waals surface area contributed by atoms with Crippen molar-refractivity contribution in [2.45, 2.75) is 114 Å². The van der Waals surface area contributed by atoms with E-state index in [4.69, 9.17) is 47.4 Å². The first-order chi connectivity index (χ1) is 31.6. The third-order valence-electron chi connectivity index (χ3n) is 10.6. The number of esters is 3. The van der Waals surface area contributed by atoms with E-state index in [1.165, 1.54) is 6.92 Å². The average molecular weight is 894 g/mol. The standard InChI is InChI=1S/C49H55N3O13/c1-5-26-56-46-44(59-28-36-20-12-7-13-21-36)43(58-27-35-18-10-6-11-19-35)45(60-29-37-22-14-8-15-23-37)47(61-30-38-24-16-9-17-25-38)48(46)65-49-40(51-52-50)42(63-34(4)55)41(62-33(3)54)39(64-49)31-57-32(2)53/h5-25,39-49H,1,26-31H2,2-4H3/t39-,40-,41-,42-,43-,44-,45+,46-,47-,48+,49+/m1/s1. The molecule has 4 aromatic rings. The molecule has 0 amide bonds. The van der Waals surface area contributed by atoms with Crippen LogP contribution in [-0.2, 0) is 88.2 Å². The predicted octanol–water partition coefficient (Wildman–Crippen LogP) is 7.13. The Labute approximate surface area is 378 Å². The van der Waals surface area contributed by atoms with Crippen LogP contribution in [0.15, 0.2) is 139 Å². The Morgan fingerprint density at radius 3 is 1.32 bits per heavy atom. The maximum Gasteiger partial charge on any atom is 0.303 e. The Morgan fingerprint density at radius 1 is 0.569 bits per heavy atom. The molecule has 0 radical (unpaired) electrons. The number of rotatable bonds is 22. The van der Waals surface area contributed by atoms with Gasteiger partial charge in [-0.2, -0.15) is 0 Å². The SMILES string of the molecule is C=CCO[C@@H]1[C@H](OCc2ccccc2)[C@@H](OCc2ccccc2)[C@H](OCc2ccccc2)[C@@H](OCc2ccccc2)[C@H]1O[C@@H]1O[C@H](COC(C)=O)[C@@H](OC(C)=O)[C@H](OC(C)=O)[C@H]1N=[N+]=[N-]. The highest BCUT2D eigenvalue weighted by atomic mass is 16.7. The van der Waals surface area contributed by atoms with Gasteiger partial charge >= 0.3 is 17.9 Å². The summed E-state index contributed by atoms with van der Waals surface area (Å²) in [5, 5.41) is 4.00. The van der Waals surface area contributed by atoms with E-state index in [0.29, 0.717) is 0 Å². The first kappa shape index (κ1) is 48.5. The maximum atomic E-state index is 12.7. The average Bonchev–Trinajstić information content (AvgIpc) is 3.31. The summed E-state index contributed by atoms with van der Waals surface area (Å²) in [6, 6.07) is 36.9. The number of carbonyl (C=O) groups is 3. The van der Waals surface area contributed by atoms with Crippen LogP contribution < -0.4 is 0 Å². The number of nitrogens with zero attached hydrogens (tertiary/aromatic N) is 3. The van der Waals surface area contributed by atoms with Gasteiger partial charge in [-0.15, -0.1) is 6.58 Å². The molecule has 11 atom stereocenters. The Balaban J connectivity index is 1.51. The van der Waals surface area contributed by atoms with E-state index in [1.54, 1.807) is 6.08 Å². The zero-order chi connectivity index (χ0) is 46.0. The minimum absolute atomic E-state index is 0.0209. The lowest BCUT2D eigenvalue weighted by Gasteiger charge is -2.51. The molecule has 2 fully saturated rings. The van der Waals surface area contributed by atoms with Crippen LogP contribution in [0.3, 0.4) is 0 Å². The molecule has 0 spiro atoms. The second-order valence-electron chi connectivity index (χ2n) is 15.4. The van der Waals surface area contributed by atoms with Crippen LogP contribution in [0.1, 0.15) is 43.0 Å². The van der Waals surface area contributed by atoms with Gasteiger partial charge in [0.1, 0.15) is 55.4 Å². The summed E-state index contributed by atoms with van der Waals surface area (Å²) in [5.74, 6) is -2.21. The fourth-order valence-electron chi connectivity index (χ4n) is 7.81. The van der Waals surface area contributed by atoms with Crippen molar-refractivity contribution in [3.63, 3.8) is 0 Å². The molecule has 1 aliphatic carbocycles. The fourth-order valence-corrected chi connectivity index (χ4v) is 7.81. The van der Waals surface area contributed by atoms with E-state index in [9.17, 15) is 19.9 Å². The summed E-state index contributed by atoms with van der Waals surface area (Å²) >= 11 is 0. The molecule has 1 aliphatic heterocycles. The normalized spacial score (nSPS) is 26.2. The van der Waals surface area contributed by atoms with Gasteiger partial charge in [-0.1, -0.05) is 133 Å². The van der Waals surface area contributed by atoms with E-state index in [-0.39, 0.29) is 33.0 Å². The third kappa shape index (κ3) is 14.0. The fraction of sp³-hybridized carbons (Fsp3) is 0.408. The van der Waals surface area contributed by atoms with Gasteiger partial charge in [-0.05, 0) is 27.8 Å². The molecule has 1 saturated carbocycles. The molecular weight excluding hydrogens is 839 g/mol. The number of ether oxygens (including phenoxy) is 10. The molecule has 2 aliphatic rings. The van der Waals surface area contributed by atoms with Gasteiger partial charge in [0, 0.05) is 25.7 Å². The predicted molar refractivity (Wildman–Crippen MR) is 234 cm³/mol. The number of carbonyl (C=O) groups excluding carboxylic acids is 3. The minimum atomic E-state index is -1.57. The van der Waals surface area contributed by atoms with Crippen molar-refractivity contribution in [2.24, 2.45) is 5.11 Å². The number of azide groups is 1. The van der Waals surface area contributed by atoms with Crippen LogP contribution in [-0.4, -0.2) is 98.4 Å². The quantitative estimate of drug-likeness (QED) is 0.0194. The highest BCUT2D eigenvalue weighted by Crippen LogP contribution is 2.39. The molecular formula is C49H55N3O13. The Kier molecular flexibility index (Phi) is 18.6. The van der Waals surface area contributed by atoms with Crippen molar-refractivity contribution < 1.29 is 61.8 Å². The topological polar surface area (TPSA) is 192 Å². The van der Waals surface area contributed by atoms with Gasteiger partial charge in [-0.3, -0.25) is 14.4 Å². The molecule has 1 saturated heterocycles. The zero-order valence-corrected chi connectivity index (χ0v) is 36.6. The van der Waals surface area contributed by atoms with Crippen LogP contribution in [0.2, 0.25) is 0 Å². The van der Waals surface area contributed by atoms with E-state index < -0.39 is 91.8 Å². The summed E-state index contributed by atoms with van der Waals surface area (Å²) in [4.78, 5) is 40.4. The second-order valence-corrected chi connectivity index (χ2v) is 15.4. The summed E-state index contributed by atoms with van der Waals surface area (Å²) < 4.78 is 64.5. The van der Waals surface area contributed by atoms with Crippen LogP contribution in [0.5, 0.6) is 0 Å². The molecule has 65 heavy (non-hydrogen) atoms. The molecule has 6 rings (SSSR count). The van der Waals surface area contributed by atoms with Gasteiger partial charge in [0.25, 0.3) is 0 Å². The zero-order valence-electron chi connectivity index (χ0n) is 36.6. The summed E-state index contributed by atoms with van der Waals surface area (Å²) in [6.45, 7) is 7.48. The third-order valence-corrected chi connectivity index (χ3v) is 10.6. The van der Waals surface area contributed by atoms with Crippen molar-refractivity contribution in [1.82, 2.24) is 0 Å². The smallest absolute Gasteiger partial charge is 0.303 e. The molecule has 1 heterocycles. The maximum absolute atomic E-state index is 12.7. The van der Waals surface area contributed by atoms with Crippen molar-refractivity contribution >= 4 is 17.9 Å². The van der Waals surface area contributed by atoms with Crippen molar-refractivity contribution in [3.05, 3.63) is 167 Å². The van der Waals surface area contributed by atoms with Gasteiger partial charge in [0.05, 0.1) is 33.0 Å². The molecule has 0 unspecified atom stereocenters. The second kappa shape index (κ2) is 24.9. The van der Waals surface area contributed by atoms with E-state index in [1.807, 2.05) is 121 Å². The molecule has 344 valence electrons. The molecule has 16 heteroatoms. The number of hydrogen-bond donors (Lipinski definition) is 0. The van der Waals surface area contributed by atoms with Gasteiger partial charge < -0.3 is 47.4 Å². The summed E-state index contributed by atoms with van der Waals surface area (Å²) in [7, 11) is 0. The van der Waals surface area contributed by atoms with E-state index in [0.717, 1.165) is 36.1 Å². The minimum Gasteiger partial charge on any atom is -0.463 e. The monoisotopic (exact) mass is 893 g/mol. The Hall–Kier alpha value is -5.94. The van der Waals surface area contributed by atoms with Crippen LogP contribution >= 0.6 is 0 Å². The van der Waals surface area contributed by atoms with Crippen LogP contribution in [0.4, 0.5) is 0 Å². The van der Waals surface area contributed by atoms with Gasteiger partial charge in [0.15, 0.2) is 18.5 Å². The lowest BCUT2D eigenvalue weighted by atomic mass is 9.83. The summed E-state index contributed by atoms with van der Waals surface area (Å²) in [6.07, 6.45) is -10.2. The lowest BCUT2D eigenvalue weighted by Crippen LogP contribution is -2.69.